The van der Waals surface area contributed by atoms with Gasteiger partial charge in [-0.25, -0.2) is 4.79 Å². The second-order valence-electron chi connectivity index (χ2n) is 4.44. The van der Waals surface area contributed by atoms with Crippen LogP contribution in [-0.2, 0) is 0 Å². The fourth-order valence-electron chi connectivity index (χ4n) is 1.86. The Morgan fingerprint density at radius 2 is 2.18 bits per heavy atom. The van der Waals surface area contributed by atoms with E-state index in [4.69, 9.17) is 0 Å². The lowest BCUT2D eigenvalue weighted by Gasteiger charge is -2.24. The maximum atomic E-state index is 11.8. The van der Waals surface area contributed by atoms with E-state index >= 15 is 0 Å². The number of hydrogen-bond acceptors (Lipinski definition) is 4. The zero-order valence-electron chi connectivity index (χ0n) is 9.42. The molecular formula is C10H14N4O3. The molecule has 0 aliphatic carbocycles. The highest BCUT2D eigenvalue weighted by atomic mass is 16.2. The van der Waals surface area contributed by atoms with Crippen LogP contribution >= 0.6 is 0 Å². The topological polar surface area (TPSA) is 107 Å². The Morgan fingerprint density at radius 1 is 1.41 bits per heavy atom. The van der Waals surface area contributed by atoms with Crippen LogP contribution in [0.4, 0.5) is 0 Å². The van der Waals surface area contributed by atoms with Crippen molar-refractivity contribution in [2.45, 2.75) is 18.9 Å². The molecule has 0 spiro atoms. The van der Waals surface area contributed by atoms with Crippen molar-refractivity contribution in [2.24, 2.45) is 0 Å². The fraction of sp³-hybridized carbons (Fsp3) is 0.500. The van der Waals surface area contributed by atoms with Crippen LogP contribution in [0.1, 0.15) is 23.8 Å². The Kier molecular flexibility index (Phi) is 2.84. The highest BCUT2D eigenvalue weighted by molar-refractivity contribution is 5.92. The molecule has 1 amide bonds. The summed E-state index contributed by atoms with van der Waals surface area (Å²) in [5, 5.41) is 5.94. The molecule has 1 aliphatic heterocycles. The van der Waals surface area contributed by atoms with Crippen LogP contribution in [0, 0.1) is 0 Å². The summed E-state index contributed by atoms with van der Waals surface area (Å²) in [5.41, 5.74) is -1.63. The molecule has 17 heavy (non-hydrogen) atoms. The maximum absolute atomic E-state index is 11.8. The van der Waals surface area contributed by atoms with E-state index in [0.717, 1.165) is 19.0 Å². The van der Waals surface area contributed by atoms with Gasteiger partial charge in [0.15, 0.2) is 0 Å². The summed E-state index contributed by atoms with van der Waals surface area (Å²) in [5.74, 6) is -0.445. The number of rotatable bonds is 2. The Bertz CT molecular complexity index is 511. The summed E-state index contributed by atoms with van der Waals surface area (Å²) in [6, 6.07) is 1.07. The van der Waals surface area contributed by atoms with Gasteiger partial charge in [0.05, 0.1) is 5.54 Å². The van der Waals surface area contributed by atoms with Gasteiger partial charge in [0, 0.05) is 12.6 Å². The Morgan fingerprint density at radius 3 is 2.76 bits per heavy atom. The van der Waals surface area contributed by atoms with Crippen LogP contribution in [0.5, 0.6) is 0 Å². The van der Waals surface area contributed by atoms with Crippen molar-refractivity contribution in [1.29, 1.82) is 0 Å². The average Bonchev–Trinajstić information content (AvgIpc) is 2.63. The first-order valence-corrected chi connectivity index (χ1v) is 5.35. The Hall–Kier alpha value is -1.89. The largest absolute Gasteiger partial charge is 0.344 e. The van der Waals surface area contributed by atoms with E-state index in [1.807, 2.05) is 11.9 Å². The number of H-pyrrole nitrogens is 2. The van der Waals surface area contributed by atoms with Crippen molar-refractivity contribution in [1.82, 2.24) is 20.6 Å². The smallest absolute Gasteiger partial charge is 0.326 e. The predicted octanol–water partition coefficient (Wildman–Crippen LogP) is -1.45. The molecule has 1 unspecified atom stereocenters. The monoisotopic (exact) mass is 238 g/mol. The van der Waals surface area contributed by atoms with E-state index in [-0.39, 0.29) is 11.2 Å². The van der Waals surface area contributed by atoms with E-state index < -0.39 is 17.2 Å². The minimum Gasteiger partial charge on any atom is -0.344 e. The zero-order chi connectivity index (χ0) is 12.5. The number of carbonyl (C=O) groups is 1. The molecule has 1 fully saturated rings. The number of hydrogen-bond donors (Lipinski definition) is 4. The maximum Gasteiger partial charge on any atom is 0.326 e. The standard InChI is InChI=1S/C10H14N4O3/c1-10(2-3-11-5-10)14-8(16)6-4-7(15)13-9(17)12-6/h4,11H,2-3,5H2,1H3,(H,14,16)(H2,12,13,15,17). The summed E-state index contributed by atoms with van der Waals surface area (Å²) in [6.07, 6.45) is 0.812. The van der Waals surface area contributed by atoms with E-state index in [1.165, 1.54) is 0 Å². The molecule has 4 N–H and O–H groups in total. The van der Waals surface area contributed by atoms with Gasteiger partial charge in [-0.15, -0.1) is 0 Å². The first-order chi connectivity index (χ1) is 7.98. The van der Waals surface area contributed by atoms with E-state index in [0.29, 0.717) is 6.54 Å². The minimum absolute atomic E-state index is 0.0214. The van der Waals surface area contributed by atoms with Crippen molar-refractivity contribution < 1.29 is 4.79 Å². The third-order valence-electron chi connectivity index (χ3n) is 2.79. The molecule has 0 saturated carbocycles. The Balaban J connectivity index is 2.20. The number of nitrogens with one attached hydrogen (secondary N) is 4. The van der Waals surface area contributed by atoms with Gasteiger partial charge in [0.1, 0.15) is 5.69 Å². The first kappa shape index (κ1) is 11.6. The van der Waals surface area contributed by atoms with Crippen LogP contribution in [0.2, 0.25) is 0 Å². The molecule has 2 heterocycles. The molecule has 92 valence electrons. The van der Waals surface area contributed by atoms with Crippen molar-refractivity contribution in [3.8, 4) is 0 Å². The lowest BCUT2D eigenvalue weighted by Crippen LogP contribution is -2.48. The summed E-state index contributed by atoms with van der Waals surface area (Å²) >= 11 is 0. The van der Waals surface area contributed by atoms with Crippen molar-refractivity contribution in [2.75, 3.05) is 13.1 Å². The normalized spacial score (nSPS) is 23.6. The molecule has 1 aliphatic rings. The number of aromatic nitrogens is 2. The SMILES string of the molecule is CC1(NC(=O)c2cc(=O)[nH]c(=O)[nH]2)CCNC1. The molecule has 7 nitrogen and oxygen atoms in total. The van der Waals surface area contributed by atoms with Gasteiger partial charge in [-0.3, -0.25) is 14.6 Å². The molecule has 1 saturated heterocycles. The van der Waals surface area contributed by atoms with Crippen LogP contribution in [-0.4, -0.2) is 34.5 Å². The van der Waals surface area contributed by atoms with Gasteiger partial charge in [0.25, 0.3) is 11.5 Å². The molecule has 2 rings (SSSR count). The summed E-state index contributed by atoms with van der Waals surface area (Å²) < 4.78 is 0. The number of amides is 1. The molecule has 0 aromatic carbocycles. The quantitative estimate of drug-likeness (QED) is 0.505. The highest BCUT2D eigenvalue weighted by Crippen LogP contribution is 2.13. The lowest BCUT2D eigenvalue weighted by molar-refractivity contribution is 0.0907. The van der Waals surface area contributed by atoms with Gasteiger partial charge in [-0.1, -0.05) is 0 Å². The number of carbonyl (C=O) groups excluding carboxylic acids is 1. The molecule has 1 aromatic rings. The third-order valence-corrected chi connectivity index (χ3v) is 2.79. The predicted molar refractivity (Wildman–Crippen MR) is 61.0 cm³/mol. The van der Waals surface area contributed by atoms with Gasteiger partial charge < -0.3 is 15.6 Å². The summed E-state index contributed by atoms with van der Waals surface area (Å²) in [7, 11) is 0. The second-order valence-corrected chi connectivity index (χ2v) is 4.44. The van der Waals surface area contributed by atoms with Crippen molar-refractivity contribution >= 4 is 5.91 Å². The molecule has 1 aromatic heterocycles. The van der Waals surface area contributed by atoms with Gasteiger partial charge in [-0.05, 0) is 19.9 Å². The average molecular weight is 238 g/mol. The van der Waals surface area contributed by atoms with Crippen LogP contribution in [0.25, 0.3) is 0 Å². The fourth-order valence-corrected chi connectivity index (χ4v) is 1.86. The Labute approximate surface area is 96.6 Å². The minimum atomic E-state index is -0.683. The van der Waals surface area contributed by atoms with Gasteiger partial charge in [0.2, 0.25) is 0 Å². The van der Waals surface area contributed by atoms with Crippen LogP contribution in [0.3, 0.4) is 0 Å². The molecule has 0 bridgehead atoms. The highest BCUT2D eigenvalue weighted by Gasteiger charge is 2.30. The molecular weight excluding hydrogens is 224 g/mol. The number of aromatic amines is 2. The van der Waals surface area contributed by atoms with E-state index in [9.17, 15) is 14.4 Å². The molecule has 7 heteroatoms. The molecule has 0 radical (unpaired) electrons. The van der Waals surface area contributed by atoms with E-state index in [1.54, 1.807) is 0 Å². The lowest BCUT2D eigenvalue weighted by atomic mass is 10.0. The zero-order valence-corrected chi connectivity index (χ0v) is 9.42. The second kappa shape index (κ2) is 4.17. The van der Waals surface area contributed by atoms with Gasteiger partial charge >= 0.3 is 5.69 Å². The van der Waals surface area contributed by atoms with Gasteiger partial charge in [-0.2, -0.15) is 0 Å². The first-order valence-electron chi connectivity index (χ1n) is 5.35. The molecule has 1 atom stereocenters. The summed E-state index contributed by atoms with van der Waals surface area (Å²) in [6.45, 7) is 3.42. The van der Waals surface area contributed by atoms with Crippen molar-refractivity contribution in [3.63, 3.8) is 0 Å². The summed E-state index contributed by atoms with van der Waals surface area (Å²) in [4.78, 5) is 38.2. The van der Waals surface area contributed by atoms with Crippen molar-refractivity contribution in [3.05, 3.63) is 32.6 Å². The van der Waals surface area contributed by atoms with Crippen LogP contribution in [0.15, 0.2) is 15.7 Å². The third kappa shape index (κ3) is 2.62. The van der Waals surface area contributed by atoms with Crippen LogP contribution < -0.4 is 21.9 Å². The van der Waals surface area contributed by atoms with E-state index in [2.05, 4.69) is 15.6 Å².